The largest absolute Gasteiger partial charge is 0.497 e. The van der Waals surface area contributed by atoms with Gasteiger partial charge in [0.05, 0.1) is 26.5 Å². The van der Waals surface area contributed by atoms with Gasteiger partial charge in [-0.25, -0.2) is 9.78 Å². The predicted molar refractivity (Wildman–Crippen MR) is 110 cm³/mol. The maximum atomic E-state index is 12.4. The van der Waals surface area contributed by atoms with Crippen molar-refractivity contribution >= 4 is 17.6 Å². The standard InChI is InChI=1S/C21H26N4O4/c1-6-16-18(20(26)29-7-2)25-12-13(3)19(24-21(25)23-16)22-11-14-8-9-15(27-4)10-17(14)28-5/h8-10,12H,6-7,11H2,1-5H3,(H,22,23,24). The normalized spacial score (nSPS) is 10.8. The van der Waals surface area contributed by atoms with Crippen LogP contribution in [0.3, 0.4) is 0 Å². The van der Waals surface area contributed by atoms with Crippen molar-refractivity contribution in [2.24, 2.45) is 0 Å². The highest BCUT2D eigenvalue weighted by atomic mass is 16.5. The van der Waals surface area contributed by atoms with E-state index in [1.54, 1.807) is 25.5 Å². The minimum atomic E-state index is -0.387. The van der Waals surface area contributed by atoms with Gasteiger partial charge < -0.3 is 19.5 Å². The van der Waals surface area contributed by atoms with Gasteiger partial charge in [0.1, 0.15) is 17.3 Å². The molecule has 0 spiro atoms. The number of hydrogen-bond acceptors (Lipinski definition) is 7. The van der Waals surface area contributed by atoms with E-state index in [9.17, 15) is 4.79 Å². The van der Waals surface area contributed by atoms with Crippen LogP contribution in [0.5, 0.6) is 11.5 Å². The lowest BCUT2D eigenvalue weighted by Crippen LogP contribution is -2.12. The molecule has 0 unspecified atom stereocenters. The average molecular weight is 398 g/mol. The quantitative estimate of drug-likeness (QED) is 0.582. The van der Waals surface area contributed by atoms with Crippen molar-refractivity contribution < 1.29 is 19.0 Å². The number of hydrogen-bond donors (Lipinski definition) is 1. The number of nitrogens with zero attached hydrogens (tertiary/aromatic N) is 3. The lowest BCUT2D eigenvalue weighted by Gasteiger charge is -2.13. The molecule has 29 heavy (non-hydrogen) atoms. The van der Waals surface area contributed by atoms with Crippen LogP contribution >= 0.6 is 0 Å². The fourth-order valence-corrected chi connectivity index (χ4v) is 3.13. The molecule has 0 aliphatic rings. The van der Waals surface area contributed by atoms with Crippen molar-refractivity contribution in [2.45, 2.75) is 33.7 Å². The lowest BCUT2D eigenvalue weighted by atomic mass is 10.2. The van der Waals surface area contributed by atoms with Crippen molar-refractivity contribution in [1.82, 2.24) is 14.4 Å². The number of carbonyl (C=O) groups excluding carboxylic acids is 1. The summed E-state index contributed by atoms with van der Waals surface area (Å²) in [6, 6.07) is 5.67. The maximum absolute atomic E-state index is 12.4. The predicted octanol–water partition coefficient (Wildman–Crippen LogP) is 3.41. The topological polar surface area (TPSA) is 87.0 Å². The first-order valence-corrected chi connectivity index (χ1v) is 9.52. The van der Waals surface area contributed by atoms with Crippen LogP contribution in [0.1, 0.15) is 41.2 Å². The highest BCUT2D eigenvalue weighted by molar-refractivity contribution is 5.90. The SMILES string of the molecule is CCOC(=O)c1c(CC)nc2nc(NCc3ccc(OC)cc3OC)c(C)cn12. The number of aryl methyl sites for hydroxylation is 2. The zero-order valence-corrected chi connectivity index (χ0v) is 17.4. The van der Waals surface area contributed by atoms with Gasteiger partial charge in [-0.2, -0.15) is 4.98 Å². The molecule has 0 aliphatic carbocycles. The van der Waals surface area contributed by atoms with Gasteiger partial charge in [0.2, 0.25) is 5.78 Å². The summed E-state index contributed by atoms with van der Waals surface area (Å²) in [6.45, 7) is 6.49. The fourth-order valence-electron chi connectivity index (χ4n) is 3.13. The van der Waals surface area contributed by atoms with Crippen LogP contribution < -0.4 is 14.8 Å². The first-order valence-electron chi connectivity index (χ1n) is 9.52. The van der Waals surface area contributed by atoms with Crippen LogP contribution in [0.2, 0.25) is 0 Å². The number of aromatic nitrogens is 3. The van der Waals surface area contributed by atoms with Crippen molar-refractivity contribution in [2.75, 3.05) is 26.1 Å². The molecule has 8 heteroatoms. The van der Waals surface area contributed by atoms with Gasteiger partial charge in [-0.3, -0.25) is 4.40 Å². The first-order chi connectivity index (χ1) is 14.0. The summed E-state index contributed by atoms with van der Waals surface area (Å²) in [5.74, 6) is 2.23. The Morgan fingerprint density at radius 1 is 1.17 bits per heavy atom. The molecule has 154 valence electrons. The number of rotatable bonds is 8. The number of esters is 1. The molecule has 0 atom stereocenters. The second-order valence-electron chi connectivity index (χ2n) is 6.45. The molecule has 2 heterocycles. The van der Waals surface area contributed by atoms with E-state index in [4.69, 9.17) is 14.2 Å². The van der Waals surface area contributed by atoms with Gasteiger partial charge in [0.25, 0.3) is 0 Å². The Labute approximate surface area is 169 Å². The molecule has 2 aromatic heterocycles. The summed E-state index contributed by atoms with van der Waals surface area (Å²) in [6.07, 6.45) is 2.47. The average Bonchev–Trinajstić information content (AvgIpc) is 3.09. The number of imidazole rings is 1. The number of ether oxygens (including phenoxy) is 3. The molecule has 0 fully saturated rings. The third kappa shape index (κ3) is 4.11. The Hall–Kier alpha value is -3.29. The lowest BCUT2D eigenvalue weighted by molar-refractivity contribution is 0.0517. The van der Waals surface area contributed by atoms with Crippen molar-refractivity contribution in [3.05, 3.63) is 46.9 Å². The minimum absolute atomic E-state index is 0.310. The monoisotopic (exact) mass is 398 g/mol. The Bertz CT molecular complexity index is 1030. The van der Waals surface area contributed by atoms with Gasteiger partial charge in [-0.05, 0) is 32.4 Å². The minimum Gasteiger partial charge on any atom is -0.497 e. The zero-order valence-electron chi connectivity index (χ0n) is 17.4. The summed E-state index contributed by atoms with van der Waals surface area (Å²) in [4.78, 5) is 21.5. The van der Waals surface area contributed by atoms with Crippen LogP contribution in [-0.2, 0) is 17.7 Å². The van der Waals surface area contributed by atoms with E-state index < -0.39 is 0 Å². The summed E-state index contributed by atoms with van der Waals surface area (Å²) in [5, 5.41) is 3.33. The molecule has 3 aromatic rings. The molecule has 1 N–H and O–H groups in total. The van der Waals surface area contributed by atoms with Crippen LogP contribution in [-0.4, -0.2) is 41.2 Å². The van der Waals surface area contributed by atoms with Gasteiger partial charge in [0, 0.05) is 29.9 Å². The molecule has 0 bridgehead atoms. The summed E-state index contributed by atoms with van der Waals surface area (Å²) >= 11 is 0. The summed E-state index contributed by atoms with van der Waals surface area (Å²) in [5.41, 5.74) is 2.96. The second-order valence-corrected chi connectivity index (χ2v) is 6.45. The van der Waals surface area contributed by atoms with Gasteiger partial charge in [0.15, 0.2) is 5.69 Å². The number of nitrogens with one attached hydrogen (secondary N) is 1. The van der Waals surface area contributed by atoms with Crippen molar-refractivity contribution in [1.29, 1.82) is 0 Å². The third-order valence-electron chi connectivity index (χ3n) is 4.62. The smallest absolute Gasteiger partial charge is 0.357 e. The van der Waals surface area contributed by atoms with Gasteiger partial charge in [-0.1, -0.05) is 6.92 Å². The van der Waals surface area contributed by atoms with E-state index in [1.807, 2.05) is 38.2 Å². The van der Waals surface area contributed by atoms with E-state index >= 15 is 0 Å². The number of anilines is 1. The Balaban J connectivity index is 1.91. The summed E-state index contributed by atoms with van der Waals surface area (Å²) in [7, 11) is 3.25. The number of carbonyl (C=O) groups is 1. The van der Waals surface area contributed by atoms with Crippen LogP contribution in [0, 0.1) is 6.92 Å². The zero-order chi connectivity index (χ0) is 21.0. The molecule has 0 aliphatic heterocycles. The van der Waals surface area contributed by atoms with Crippen LogP contribution in [0.15, 0.2) is 24.4 Å². The van der Waals surface area contributed by atoms with Crippen LogP contribution in [0.25, 0.3) is 5.78 Å². The van der Waals surface area contributed by atoms with E-state index in [-0.39, 0.29) is 5.97 Å². The van der Waals surface area contributed by atoms with E-state index in [0.29, 0.717) is 42.6 Å². The third-order valence-corrected chi connectivity index (χ3v) is 4.62. The first kappa shape index (κ1) is 20.4. The number of benzene rings is 1. The summed E-state index contributed by atoms with van der Waals surface area (Å²) < 4.78 is 17.6. The van der Waals surface area contributed by atoms with Crippen molar-refractivity contribution in [3.8, 4) is 11.5 Å². The van der Waals surface area contributed by atoms with Crippen LogP contribution in [0.4, 0.5) is 5.82 Å². The Morgan fingerprint density at radius 2 is 1.97 bits per heavy atom. The van der Waals surface area contributed by atoms with E-state index in [0.717, 1.165) is 22.6 Å². The molecule has 0 saturated heterocycles. The molecule has 8 nitrogen and oxygen atoms in total. The fraction of sp³-hybridized carbons (Fsp3) is 0.381. The highest BCUT2D eigenvalue weighted by Crippen LogP contribution is 2.26. The number of fused-ring (bicyclic) bond motifs is 1. The van der Waals surface area contributed by atoms with Gasteiger partial charge >= 0.3 is 5.97 Å². The maximum Gasteiger partial charge on any atom is 0.357 e. The molecule has 3 rings (SSSR count). The van der Waals surface area contributed by atoms with E-state index in [2.05, 4.69) is 15.3 Å². The van der Waals surface area contributed by atoms with Crippen molar-refractivity contribution in [3.63, 3.8) is 0 Å². The molecule has 0 saturated carbocycles. The number of methoxy groups -OCH3 is 2. The highest BCUT2D eigenvalue weighted by Gasteiger charge is 2.21. The molecule has 0 amide bonds. The molecule has 0 radical (unpaired) electrons. The van der Waals surface area contributed by atoms with E-state index in [1.165, 1.54) is 0 Å². The Morgan fingerprint density at radius 3 is 2.62 bits per heavy atom. The molecule has 1 aromatic carbocycles. The molecular weight excluding hydrogens is 372 g/mol. The molecular formula is C21H26N4O4. The Kier molecular flexibility index (Phi) is 6.21. The second kappa shape index (κ2) is 8.81. The van der Waals surface area contributed by atoms with Gasteiger partial charge in [-0.15, -0.1) is 0 Å².